The number of pyridine rings is 2. The molecule has 7 aromatic rings. The van der Waals surface area contributed by atoms with Crippen molar-refractivity contribution in [2.75, 3.05) is 0 Å². The van der Waals surface area contributed by atoms with Crippen molar-refractivity contribution in [3.8, 4) is 0 Å². The topological polar surface area (TPSA) is 17.3 Å². The van der Waals surface area contributed by atoms with Crippen molar-refractivity contribution >= 4 is 70.4 Å². The average Bonchev–Trinajstić information content (AvgIpc) is 3.55. The zero-order valence-corrected chi connectivity index (χ0v) is 20.4. The van der Waals surface area contributed by atoms with Crippen LogP contribution in [0, 0.1) is 19.8 Å². The lowest BCUT2D eigenvalue weighted by Crippen LogP contribution is -2.01. The van der Waals surface area contributed by atoms with E-state index in [-0.39, 0.29) is 0 Å². The number of hydrogen-bond acceptors (Lipinski definition) is 2. The van der Waals surface area contributed by atoms with Gasteiger partial charge in [0.2, 0.25) is 0 Å². The zero-order valence-electron chi connectivity index (χ0n) is 19.6. The molecule has 0 radical (unpaired) electrons. The van der Waals surface area contributed by atoms with E-state index in [1.54, 1.807) is 0 Å². The summed E-state index contributed by atoms with van der Waals surface area (Å²) < 4.78 is 3.92. The minimum atomic E-state index is 0.815. The van der Waals surface area contributed by atoms with Crippen molar-refractivity contribution in [1.82, 2.24) is 9.38 Å². The Kier molecular flexibility index (Phi) is 3.78. The average molecular weight is 459 g/mol. The third kappa shape index (κ3) is 2.38. The fourth-order valence-electron chi connectivity index (χ4n) is 6.80. The summed E-state index contributed by atoms with van der Waals surface area (Å²) in [6.45, 7) is 4.50. The molecular formula is C31H26N2S. The fourth-order valence-corrected chi connectivity index (χ4v) is 7.89. The molecule has 1 fully saturated rings. The van der Waals surface area contributed by atoms with Crippen LogP contribution in [0.25, 0.3) is 59.1 Å². The second kappa shape index (κ2) is 6.70. The van der Waals surface area contributed by atoms with Crippen LogP contribution in [0.3, 0.4) is 0 Å². The van der Waals surface area contributed by atoms with Crippen molar-refractivity contribution in [3.63, 3.8) is 0 Å². The molecule has 0 unspecified atom stereocenters. The van der Waals surface area contributed by atoms with Crippen LogP contribution in [0.5, 0.6) is 0 Å². The molecule has 1 saturated carbocycles. The molecule has 0 bridgehead atoms. The number of benzene rings is 3. The first-order valence-electron chi connectivity index (χ1n) is 12.6. The number of fused-ring (bicyclic) bond motifs is 7. The van der Waals surface area contributed by atoms with Crippen LogP contribution in [-0.2, 0) is 6.42 Å². The van der Waals surface area contributed by atoms with Crippen LogP contribution < -0.4 is 0 Å². The first-order valence-corrected chi connectivity index (χ1v) is 13.4. The van der Waals surface area contributed by atoms with Gasteiger partial charge in [-0.15, -0.1) is 11.3 Å². The van der Waals surface area contributed by atoms with Crippen molar-refractivity contribution < 1.29 is 0 Å². The highest BCUT2D eigenvalue weighted by molar-refractivity contribution is 7.19. The lowest BCUT2D eigenvalue weighted by Gasteiger charge is -2.16. The summed E-state index contributed by atoms with van der Waals surface area (Å²) in [6, 6.07) is 18.6. The van der Waals surface area contributed by atoms with E-state index >= 15 is 0 Å². The molecule has 0 saturated heterocycles. The van der Waals surface area contributed by atoms with Gasteiger partial charge in [-0.2, -0.15) is 0 Å². The van der Waals surface area contributed by atoms with Gasteiger partial charge in [0.1, 0.15) is 0 Å². The van der Waals surface area contributed by atoms with Crippen molar-refractivity contribution in [2.24, 2.45) is 5.92 Å². The van der Waals surface area contributed by atoms with Gasteiger partial charge in [0, 0.05) is 37.3 Å². The van der Waals surface area contributed by atoms with E-state index in [0.717, 1.165) is 11.4 Å². The van der Waals surface area contributed by atoms with Crippen LogP contribution in [0.1, 0.15) is 41.7 Å². The molecule has 2 nitrogen and oxygen atoms in total. The normalized spacial score (nSPS) is 15.5. The summed E-state index contributed by atoms with van der Waals surface area (Å²) in [5.74, 6) is 0.815. The fraction of sp³-hybridized carbons (Fsp3) is 0.258. The first kappa shape index (κ1) is 19.2. The summed E-state index contributed by atoms with van der Waals surface area (Å²) in [5.41, 5.74) is 8.04. The third-order valence-electron chi connectivity index (χ3n) is 8.52. The Bertz CT molecular complexity index is 1910. The number of hydrogen-bond donors (Lipinski definition) is 0. The Morgan fingerprint density at radius 3 is 2.65 bits per heavy atom. The molecule has 1 aliphatic carbocycles. The maximum Gasteiger partial charge on any atom is 0.0823 e. The number of nitrogens with zero attached hydrogens (tertiary/aromatic N) is 2. The van der Waals surface area contributed by atoms with Gasteiger partial charge in [-0.05, 0) is 72.4 Å². The second-order valence-electron chi connectivity index (χ2n) is 10.4. The minimum Gasteiger partial charge on any atom is -0.308 e. The number of para-hydroxylation sites is 1. The molecule has 0 spiro atoms. The van der Waals surface area contributed by atoms with Gasteiger partial charge in [-0.3, -0.25) is 4.98 Å². The van der Waals surface area contributed by atoms with E-state index in [1.165, 1.54) is 102 Å². The van der Waals surface area contributed by atoms with Gasteiger partial charge in [0.25, 0.3) is 0 Å². The van der Waals surface area contributed by atoms with Crippen LogP contribution in [0.2, 0.25) is 0 Å². The molecular weight excluding hydrogens is 432 g/mol. The standard InChI is InChI=1S/C31H26N2S/c1-17-18(2)34-27-16-24-26(15-23(17)27)33-25-10-6-5-9-22(25)28-21(13-19-7-3-4-8-19)14-20-11-12-32-30(24)29(20)31(28)33/h5-6,9-12,14-16,19H,3-4,7-8,13H2,1-2H3. The highest BCUT2D eigenvalue weighted by atomic mass is 32.1. The molecule has 0 amide bonds. The molecule has 3 aromatic carbocycles. The van der Waals surface area contributed by atoms with Gasteiger partial charge in [0.05, 0.1) is 22.1 Å². The van der Waals surface area contributed by atoms with Gasteiger partial charge in [0.15, 0.2) is 0 Å². The van der Waals surface area contributed by atoms with Gasteiger partial charge < -0.3 is 4.40 Å². The summed E-state index contributed by atoms with van der Waals surface area (Å²) in [7, 11) is 0. The van der Waals surface area contributed by atoms with E-state index in [2.05, 4.69) is 66.8 Å². The molecule has 4 heterocycles. The predicted molar refractivity (Wildman–Crippen MR) is 147 cm³/mol. The van der Waals surface area contributed by atoms with Crippen LogP contribution in [0.4, 0.5) is 0 Å². The Hall–Kier alpha value is -3.17. The molecule has 0 N–H and O–H groups in total. The quantitative estimate of drug-likeness (QED) is 0.187. The zero-order chi connectivity index (χ0) is 22.6. The van der Waals surface area contributed by atoms with Crippen molar-refractivity contribution in [2.45, 2.75) is 46.0 Å². The van der Waals surface area contributed by atoms with Crippen molar-refractivity contribution in [3.05, 3.63) is 70.7 Å². The highest BCUT2D eigenvalue weighted by Crippen LogP contribution is 2.45. The van der Waals surface area contributed by atoms with E-state index in [0.29, 0.717) is 0 Å². The summed E-state index contributed by atoms with van der Waals surface area (Å²) >= 11 is 1.90. The lowest BCUT2D eigenvalue weighted by atomic mass is 9.91. The van der Waals surface area contributed by atoms with E-state index in [4.69, 9.17) is 4.98 Å². The Morgan fingerprint density at radius 2 is 1.76 bits per heavy atom. The smallest absolute Gasteiger partial charge is 0.0823 e. The van der Waals surface area contributed by atoms with Gasteiger partial charge in [-0.1, -0.05) is 49.9 Å². The van der Waals surface area contributed by atoms with Gasteiger partial charge in [-0.25, -0.2) is 0 Å². The monoisotopic (exact) mass is 458 g/mol. The van der Waals surface area contributed by atoms with Gasteiger partial charge >= 0.3 is 0 Å². The Labute approximate surface area is 202 Å². The molecule has 0 aliphatic heterocycles. The summed E-state index contributed by atoms with van der Waals surface area (Å²) in [5, 5.41) is 8.13. The molecule has 0 atom stereocenters. The van der Waals surface area contributed by atoms with E-state index in [1.807, 2.05) is 17.5 Å². The first-order chi connectivity index (χ1) is 16.7. The van der Waals surface area contributed by atoms with E-state index in [9.17, 15) is 0 Å². The molecule has 4 aromatic heterocycles. The molecule has 8 rings (SSSR count). The lowest BCUT2D eigenvalue weighted by molar-refractivity contribution is 0.549. The molecule has 34 heavy (non-hydrogen) atoms. The van der Waals surface area contributed by atoms with Crippen LogP contribution >= 0.6 is 11.3 Å². The number of aryl methyl sites for hydroxylation is 2. The number of aromatic nitrogens is 2. The van der Waals surface area contributed by atoms with E-state index < -0.39 is 0 Å². The molecule has 3 heteroatoms. The number of rotatable bonds is 2. The number of thiophene rings is 1. The third-order valence-corrected chi connectivity index (χ3v) is 9.69. The van der Waals surface area contributed by atoms with Crippen LogP contribution in [0.15, 0.2) is 54.7 Å². The predicted octanol–water partition coefficient (Wildman–Crippen LogP) is 8.95. The SMILES string of the molecule is Cc1sc2cc3c4nccc5cc(CC6CCCC6)c6c7ccccc7n(c3cc2c1C)c6c54. The highest BCUT2D eigenvalue weighted by Gasteiger charge is 2.24. The Balaban J connectivity index is 1.64. The minimum absolute atomic E-state index is 0.815. The molecule has 1 aliphatic rings. The second-order valence-corrected chi connectivity index (χ2v) is 11.6. The maximum absolute atomic E-state index is 4.99. The molecule has 166 valence electrons. The van der Waals surface area contributed by atoms with Crippen molar-refractivity contribution in [1.29, 1.82) is 0 Å². The summed E-state index contributed by atoms with van der Waals surface area (Å²) in [6.07, 6.45) is 8.72. The Morgan fingerprint density at radius 1 is 0.912 bits per heavy atom. The summed E-state index contributed by atoms with van der Waals surface area (Å²) in [4.78, 5) is 6.40. The van der Waals surface area contributed by atoms with Crippen LogP contribution in [-0.4, -0.2) is 9.38 Å². The maximum atomic E-state index is 4.99. The largest absolute Gasteiger partial charge is 0.308 e.